The fourth-order valence-electron chi connectivity index (χ4n) is 3.77. The van der Waals surface area contributed by atoms with Crippen LogP contribution in [-0.2, 0) is 11.2 Å². The number of unbranched alkanes of at least 4 members (excludes halogenated alkanes) is 1. The van der Waals surface area contributed by atoms with E-state index in [2.05, 4.69) is 18.3 Å². The van der Waals surface area contributed by atoms with E-state index < -0.39 is 5.41 Å². The maximum atomic E-state index is 13.9. The van der Waals surface area contributed by atoms with Gasteiger partial charge in [-0.1, -0.05) is 70.5 Å². The molecule has 170 valence electrons. The number of carbonyl (C=O) groups is 1. The first-order chi connectivity index (χ1) is 15.7. The molecule has 0 saturated carbocycles. The average Bonchev–Trinajstić information content (AvgIpc) is 2.79. The standard InChI is InChI=1S/C28H31N3O2/c1-6-7-13-21-17-19(2)25(30-27(33)28(3,4)5)26(32)31(21)24-16-11-10-15-23(24)22-14-9-8-12-20(22)18-29/h8-12,14-17H,6-7,13H2,1-5H3,(H,30,33). The molecular formula is C28H31N3O2. The minimum atomic E-state index is -0.631. The number of carbonyl (C=O) groups excluding carboxylic acids is 1. The summed E-state index contributed by atoms with van der Waals surface area (Å²) in [6.45, 7) is 9.43. The Morgan fingerprint density at radius 2 is 1.70 bits per heavy atom. The molecule has 0 spiro atoms. The fraction of sp³-hybridized carbons (Fsp3) is 0.321. The van der Waals surface area contributed by atoms with Crippen LogP contribution in [0.4, 0.5) is 5.69 Å². The highest BCUT2D eigenvalue weighted by Gasteiger charge is 2.25. The second kappa shape index (κ2) is 9.87. The van der Waals surface area contributed by atoms with Gasteiger partial charge in [-0.2, -0.15) is 5.26 Å². The van der Waals surface area contributed by atoms with Gasteiger partial charge < -0.3 is 5.32 Å². The van der Waals surface area contributed by atoms with E-state index in [4.69, 9.17) is 0 Å². The highest BCUT2D eigenvalue weighted by molar-refractivity contribution is 5.95. The zero-order chi connectivity index (χ0) is 24.2. The van der Waals surface area contributed by atoms with Crippen molar-refractivity contribution in [1.82, 2.24) is 4.57 Å². The summed E-state index contributed by atoms with van der Waals surface area (Å²) >= 11 is 0. The average molecular weight is 442 g/mol. The third-order valence-electron chi connectivity index (χ3n) is 5.67. The summed E-state index contributed by atoms with van der Waals surface area (Å²) in [5, 5.41) is 12.5. The van der Waals surface area contributed by atoms with Gasteiger partial charge in [0.2, 0.25) is 5.91 Å². The molecule has 1 heterocycles. The molecule has 2 aromatic carbocycles. The second-order valence-electron chi connectivity index (χ2n) is 9.32. The number of aryl methyl sites for hydroxylation is 2. The number of nitrogens with zero attached hydrogens (tertiary/aromatic N) is 2. The Morgan fingerprint density at radius 1 is 1.06 bits per heavy atom. The Balaban J connectivity index is 2.31. The number of anilines is 1. The summed E-state index contributed by atoms with van der Waals surface area (Å²) in [5.41, 5.74) is 3.83. The van der Waals surface area contributed by atoms with Crippen LogP contribution >= 0.6 is 0 Å². The Labute approximate surface area is 195 Å². The normalized spacial score (nSPS) is 11.2. The number of aromatic nitrogens is 1. The minimum absolute atomic E-state index is 0.210. The van der Waals surface area contributed by atoms with Gasteiger partial charge in [0.05, 0.1) is 17.3 Å². The van der Waals surface area contributed by atoms with Crippen LogP contribution in [0.25, 0.3) is 16.8 Å². The van der Waals surface area contributed by atoms with E-state index in [0.717, 1.165) is 41.6 Å². The van der Waals surface area contributed by atoms with Gasteiger partial charge >= 0.3 is 0 Å². The molecule has 0 fully saturated rings. The number of hydrogen-bond acceptors (Lipinski definition) is 3. The number of para-hydroxylation sites is 1. The van der Waals surface area contributed by atoms with E-state index >= 15 is 0 Å². The van der Waals surface area contributed by atoms with Crippen LogP contribution in [0.3, 0.4) is 0 Å². The molecule has 0 aliphatic carbocycles. The third-order valence-corrected chi connectivity index (χ3v) is 5.67. The Kier molecular flexibility index (Phi) is 7.18. The van der Waals surface area contributed by atoms with E-state index in [1.165, 1.54) is 0 Å². The number of nitriles is 1. The van der Waals surface area contributed by atoms with Gasteiger partial charge in [-0.3, -0.25) is 14.2 Å². The molecule has 0 aliphatic rings. The number of benzene rings is 2. The first-order valence-electron chi connectivity index (χ1n) is 11.3. The summed E-state index contributed by atoms with van der Waals surface area (Å²) in [6, 6.07) is 19.2. The Bertz CT molecular complexity index is 1270. The van der Waals surface area contributed by atoms with Gasteiger partial charge in [-0.15, -0.1) is 0 Å². The number of amides is 1. The summed E-state index contributed by atoms with van der Waals surface area (Å²) in [5.74, 6) is -0.210. The van der Waals surface area contributed by atoms with Crippen molar-refractivity contribution in [2.45, 2.75) is 53.9 Å². The molecule has 0 unspecified atom stereocenters. The van der Waals surface area contributed by atoms with Crippen LogP contribution in [0.1, 0.15) is 57.4 Å². The highest BCUT2D eigenvalue weighted by Crippen LogP contribution is 2.30. The lowest BCUT2D eigenvalue weighted by Crippen LogP contribution is -2.33. The van der Waals surface area contributed by atoms with E-state index in [0.29, 0.717) is 16.9 Å². The fourth-order valence-corrected chi connectivity index (χ4v) is 3.77. The molecule has 0 radical (unpaired) electrons. The molecule has 1 aromatic heterocycles. The Morgan fingerprint density at radius 3 is 2.33 bits per heavy atom. The van der Waals surface area contributed by atoms with Crippen molar-refractivity contribution in [3.8, 4) is 22.9 Å². The summed E-state index contributed by atoms with van der Waals surface area (Å²) < 4.78 is 1.70. The Hall–Kier alpha value is -3.65. The number of nitrogens with one attached hydrogen (secondary N) is 1. The van der Waals surface area contributed by atoms with Gasteiger partial charge in [-0.25, -0.2) is 0 Å². The molecule has 0 saturated heterocycles. The molecular weight excluding hydrogens is 410 g/mol. The lowest BCUT2D eigenvalue weighted by atomic mass is 9.95. The topological polar surface area (TPSA) is 74.9 Å². The first kappa shape index (κ1) is 24.0. The van der Waals surface area contributed by atoms with Crippen molar-refractivity contribution in [3.05, 3.63) is 81.8 Å². The summed E-state index contributed by atoms with van der Waals surface area (Å²) in [6.07, 6.45) is 2.66. The third kappa shape index (κ3) is 5.06. The number of rotatable bonds is 6. The zero-order valence-corrected chi connectivity index (χ0v) is 20.0. The van der Waals surface area contributed by atoms with Gasteiger partial charge in [-0.05, 0) is 43.5 Å². The molecule has 0 aliphatic heterocycles. The van der Waals surface area contributed by atoms with Gasteiger partial charge in [0.25, 0.3) is 5.56 Å². The van der Waals surface area contributed by atoms with Crippen molar-refractivity contribution >= 4 is 11.6 Å². The zero-order valence-electron chi connectivity index (χ0n) is 20.0. The molecule has 0 bridgehead atoms. The predicted octanol–water partition coefficient (Wildman–Crippen LogP) is 6.01. The first-order valence-corrected chi connectivity index (χ1v) is 11.3. The molecule has 5 nitrogen and oxygen atoms in total. The van der Waals surface area contributed by atoms with Crippen LogP contribution in [0.2, 0.25) is 0 Å². The number of hydrogen-bond donors (Lipinski definition) is 1. The molecule has 3 rings (SSSR count). The number of pyridine rings is 1. The molecule has 1 N–H and O–H groups in total. The van der Waals surface area contributed by atoms with Crippen LogP contribution < -0.4 is 10.9 Å². The minimum Gasteiger partial charge on any atom is -0.321 e. The molecule has 0 atom stereocenters. The van der Waals surface area contributed by atoms with Gasteiger partial charge in [0, 0.05) is 22.2 Å². The maximum Gasteiger partial charge on any atom is 0.279 e. The van der Waals surface area contributed by atoms with Crippen molar-refractivity contribution in [1.29, 1.82) is 5.26 Å². The van der Waals surface area contributed by atoms with Gasteiger partial charge in [0.1, 0.15) is 5.69 Å². The van der Waals surface area contributed by atoms with E-state index in [1.54, 1.807) is 10.6 Å². The van der Waals surface area contributed by atoms with E-state index in [1.807, 2.05) is 76.2 Å². The van der Waals surface area contributed by atoms with E-state index in [-0.39, 0.29) is 11.5 Å². The van der Waals surface area contributed by atoms with Crippen molar-refractivity contribution < 1.29 is 4.79 Å². The van der Waals surface area contributed by atoms with E-state index in [9.17, 15) is 14.9 Å². The highest BCUT2D eigenvalue weighted by atomic mass is 16.2. The monoisotopic (exact) mass is 441 g/mol. The van der Waals surface area contributed by atoms with Crippen LogP contribution in [0, 0.1) is 23.7 Å². The quantitative estimate of drug-likeness (QED) is 0.509. The summed E-state index contributed by atoms with van der Waals surface area (Å²) in [7, 11) is 0. The van der Waals surface area contributed by atoms with Gasteiger partial charge in [0.15, 0.2) is 0 Å². The predicted molar refractivity (Wildman–Crippen MR) is 134 cm³/mol. The van der Waals surface area contributed by atoms with Crippen molar-refractivity contribution in [3.63, 3.8) is 0 Å². The van der Waals surface area contributed by atoms with Crippen LogP contribution in [0.5, 0.6) is 0 Å². The molecule has 3 aromatic rings. The maximum absolute atomic E-state index is 13.9. The largest absolute Gasteiger partial charge is 0.321 e. The second-order valence-corrected chi connectivity index (χ2v) is 9.32. The lowest BCUT2D eigenvalue weighted by Gasteiger charge is -2.22. The smallest absolute Gasteiger partial charge is 0.279 e. The van der Waals surface area contributed by atoms with Crippen molar-refractivity contribution in [2.24, 2.45) is 5.41 Å². The van der Waals surface area contributed by atoms with Crippen LogP contribution in [-0.4, -0.2) is 10.5 Å². The molecule has 33 heavy (non-hydrogen) atoms. The summed E-state index contributed by atoms with van der Waals surface area (Å²) in [4.78, 5) is 26.6. The SMILES string of the molecule is CCCCc1cc(C)c(NC(=O)C(C)(C)C)c(=O)n1-c1ccccc1-c1ccccc1C#N. The molecule has 1 amide bonds. The van der Waals surface area contributed by atoms with Crippen molar-refractivity contribution in [2.75, 3.05) is 5.32 Å². The molecule has 5 heteroatoms. The lowest BCUT2D eigenvalue weighted by molar-refractivity contribution is -0.123. The van der Waals surface area contributed by atoms with Crippen LogP contribution in [0.15, 0.2) is 59.4 Å².